The van der Waals surface area contributed by atoms with Gasteiger partial charge in [0, 0.05) is 12.3 Å². The second-order valence-corrected chi connectivity index (χ2v) is 10.3. The van der Waals surface area contributed by atoms with Crippen LogP contribution in [-0.4, -0.2) is 38.8 Å². The Hall–Kier alpha value is -3.00. The Labute approximate surface area is 202 Å². The molecule has 0 radical (unpaired) electrons. The van der Waals surface area contributed by atoms with E-state index in [4.69, 9.17) is 35.2 Å². The number of phosphoric acid groups is 1. The number of nitrogens with two attached hydrogens (primary N) is 1. The van der Waals surface area contributed by atoms with Gasteiger partial charge in [0.05, 0.1) is 31.7 Å². The van der Waals surface area contributed by atoms with E-state index in [0.717, 1.165) is 11.1 Å². The summed E-state index contributed by atoms with van der Waals surface area (Å²) in [6.07, 6.45) is 9.03. The van der Waals surface area contributed by atoms with Crippen molar-refractivity contribution in [2.45, 2.75) is 45.1 Å². The Morgan fingerprint density at radius 3 is 3.03 bits per heavy atom. The van der Waals surface area contributed by atoms with E-state index in [1.54, 1.807) is 10.9 Å². The van der Waals surface area contributed by atoms with Gasteiger partial charge >= 0.3 is 7.82 Å². The molecule has 0 aliphatic carbocycles. The molecule has 3 aromatic rings. The molecule has 2 N–H and O–H groups in total. The molecule has 11 nitrogen and oxygen atoms in total. The molecule has 5 rings (SSSR count). The fourth-order valence-electron chi connectivity index (χ4n) is 4.44. The number of benzene rings is 1. The summed E-state index contributed by atoms with van der Waals surface area (Å²) in [4.78, 5) is 12.6. The predicted octanol–water partition coefficient (Wildman–Crippen LogP) is 3.91. The average molecular weight is 499 g/mol. The number of nitrogens with zero attached hydrogens (tertiary/aromatic N) is 4. The highest BCUT2D eigenvalue weighted by atomic mass is 31.2. The molecule has 2 aliphatic rings. The molecular weight excluding hydrogens is 473 g/mol. The first kappa shape index (κ1) is 23.7. The number of phosphoric ester groups is 1. The van der Waals surface area contributed by atoms with E-state index in [-0.39, 0.29) is 43.2 Å². The van der Waals surface area contributed by atoms with Crippen molar-refractivity contribution in [3.63, 3.8) is 0 Å². The van der Waals surface area contributed by atoms with Crippen LogP contribution in [0.2, 0.25) is 0 Å². The van der Waals surface area contributed by atoms with Crippen molar-refractivity contribution in [3.05, 3.63) is 41.7 Å². The van der Waals surface area contributed by atoms with Crippen LogP contribution in [0, 0.1) is 25.4 Å². The van der Waals surface area contributed by atoms with Crippen LogP contribution in [0.3, 0.4) is 0 Å². The summed E-state index contributed by atoms with van der Waals surface area (Å²) in [6, 6.07) is 7.91. The Kier molecular flexibility index (Phi) is 6.49. The Morgan fingerprint density at radius 1 is 1.37 bits per heavy atom. The monoisotopic (exact) mass is 499 g/mol. The van der Waals surface area contributed by atoms with Gasteiger partial charge in [0.1, 0.15) is 12.3 Å². The molecule has 35 heavy (non-hydrogen) atoms. The Bertz CT molecular complexity index is 1320. The number of anilines is 1. The highest BCUT2D eigenvalue weighted by molar-refractivity contribution is 7.48. The molecule has 2 fully saturated rings. The first-order valence-corrected chi connectivity index (χ1v) is 12.7. The Balaban J connectivity index is 1.26. The van der Waals surface area contributed by atoms with Crippen molar-refractivity contribution in [3.8, 4) is 18.4 Å². The molecule has 2 saturated heterocycles. The Morgan fingerprint density at radius 2 is 2.23 bits per heavy atom. The molecule has 4 heterocycles. The molecule has 2 aliphatic heterocycles. The van der Waals surface area contributed by atoms with Gasteiger partial charge in [-0.3, -0.25) is 18.1 Å². The molecule has 12 heteroatoms. The summed E-state index contributed by atoms with van der Waals surface area (Å²) < 4.78 is 43.1. The highest BCUT2D eigenvalue weighted by Gasteiger charge is 2.40. The maximum absolute atomic E-state index is 13.2. The first-order valence-electron chi connectivity index (χ1n) is 11.3. The second-order valence-electron chi connectivity index (χ2n) is 8.67. The first-order chi connectivity index (χ1) is 16.8. The van der Waals surface area contributed by atoms with Crippen molar-refractivity contribution < 1.29 is 27.6 Å². The molecule has 184 valence electrons. The maximum atomic E-state index is 13.2. The van der Waals surface area contributed by atoms with Gasteiger partial charge in [-0.1, -0.05) is 43.2 Å². The van der Waals surface area contributed by atoms with Gasteiger partial charge in [0.25, 0.3) is 5.88 Å². The lowest BCUT2D eigenvalue weighted by Crippen LogP contribution is -2.20. The van der Waals surface area contributed by atoms with E-state index in [1.165, 1.54) is 0 Å². The average Bonchev–Trinajstić information content (AvgIpc) is 3.41. The lowest BCUT2D eigenvalue weighted by molar-refractivity contribution is -0.0401. The minimum atomic E-state index is -3.73. The number of aryl methyl sites for hydroxylation is 1. The van der Waals surface area contributed by atoms with E-state index in [1.807, 2.05) is 38.1 Å². The fraction of sp³-hybridized carbons (Fsp3) is 0.435. The molecule has 0 spiro atoms. The van der Waals surface area contributed by atoms with Crippen LogP contribution in [0.15, 0.2) is 30.6 Å². The standard InChI is InChI=1S/C23H26N5O6P/c1-4-30-21-19-20(26-23(24)27-21)28(13-25-19)22-15(3)11-17(33-22)12-32-35(29)31-9-8-18(34-35)16-7-5-6-14(2)10-16/h1,5-7,10,13,15,17-18,22H,8-9,11-12H2,2-3H3,(H2,24,26,27)/t15-,17-,18-,22+,35+/m0/s1. The molecular formula is C23H26N5O6P. The normalized spacial score (nSPS) is 28.7. The van der Waals surface area contributed by atoms with Crippen molar-refractivity contribution in [1.29, 1.82) is 0 Å². The van der Waals surface area contributed by atoms with Crippen LogP contribution in [0.1, 0.15) is 43.2 Å². The molecule has 5 atom stereocenters. The summed E-state index contributed by atoms with van der Waals surface area (Å²) in [6.45, 7) is 4.36. The number of nitrogen functional groups attached to an aromatic ring is 1. The summed E-state index contributed by atoms with van der Waals surface area (Å²) in [5.74, 6) is 0.179. The van der Waals surface area contributed by atoms with Gasteiger partial charge in [0.2, 0.25) is 5.95 Å². The third kappa shape index (κ3) is 4.89. The van der Waals surface area contributed by atoms with Gasteiger partial charge in [-0.25, -0.2) is 9.55 Å². The summed E-state index contributed by atoms with van der Waals surface area (Å²) >= 11 is 0. The lowest BCUT2D eigenvalue weighted by Gasteiger charge is -2.29. The number of hydrogen-bond acceptors (Lipinski definition) is 10. The highest BCUT2D eigenvalue weighted by Crippen LogP contribution is 2.57. The quantitative estimate of drug-likeness (QED) is 0.393. The van der Waals surface area contributed by atoms with Crippen molar-refractivity contribution in [2.24, 2.45) is 5.92 Å². The molecule has 0 bridgehead atoms. The maximum Gasteiger partial charge on any atom is 0.475 e. The topological polar surface area (TPSA) is 133 Å². The van der Waals surface area contributed by atoms with Crippen molar-refractivity contribution in [2.75, 3.05) is 18.9 Å². The second kappa shape index (κ2) is 9.57. The summed E-state index contributed by atoms with van der Waals surface area (Å²) in [5.41, 5.74) is 8.69. The zero-order valence-corrected chi connectivity index (χ0v) is 20.3. The zero-order chi connectivity index (χ0) is 24.6. The van der Waals surface area contributed by atoms with Crippen LogP contribution >= 0.6 is 7.82 Å². The molecule has 0 amide bonds. The largest absolute Gasteiger partial charge is 0.475 e. The molecule has 0 unspecified atom stereocenters. The third-order valence-corrected chi connectivity index (χ3v) is 7.48. The molecule has 0 saturated carbocycles. The predicted molar refractivity (Wildman–Crippen MR) is 126 cm³/mol. The van der Waals surface area contributed by atoms with E-state index in [0.29, 0.717) is 24.0 Å². The minimum absolute atomic E-state index is 0.00268. The smallest absolute Gasteiger partial charge is 0.385 e. The van der Waals surface area contributed by atoms with E-state index in [2.05, 4.69) is 21.1 Å². The number of aromatic nitrogens is 4. The van der Waals surface area contributed by atoms with Gasteiger partial charge < -0.3 is 15.2 Å². The van der Waals surface area contributed by atoms with Crippen molar-refractivity contribution >= 4 is 24.9 Å². The van der Waals surface area contributed by atoms with Gasteiger partial charge in [-0.15, -0.1) is 0 Å². The SMILES string of the molecule is C#COc1nc(N)nc2c1ncn2[C@@H]1O[C@H](CO[P@@]2(=O)OCC[C@@H](c3cccc(C)c3)O2)C[C@@H]1C. The van der Waals surface area contributed by atoms with Gasteiger partial charge in [0.15, 0.2) is 11.2 Å². The van der Waals surface area contributed by atoms with Crippen LogP contribution in [-0.2, 0) is 22.9 Å². The number of ether oxygens (including phenoxy) is 2. The van der Waals surface area contributed by atoms with Crippen LogP contribution in [0.25, 0.3) is 11.2 Å². The zero-order valence-electron chi connectivity index (χ0n) is 19.4. The van der Waals surface area contributed by atoms with Crippen LogP contribution in [0.4, 0.5) is 5.95 Å². The minimum Gasteiger partial charge on any atom is -0.385 e. The number of terminal acetylenes is 1. The fourth-order valence-corrected chi connectivity index (χ4v) is 5.85. The van der Waals surface area contributed by atoms with Crippen LogP contribution < -0.4 is 10.5 Å². The number of fused-ring (bicyclic) bond motifs is 1. The number of rotatable bonds is 6. The lowest BCUT2D eigenvalue weighted by atomic mass is 10.0. The molecule has 2 aromatic heterocycles. The van der Waals surface area contributed by atoms with Gasteiger partial charge in [-0.2, -0.15) is 9.97 Å². The van der Waals surface area contributed by atoms with Gasteiger partial charge in [-0.05, 0) is 18.9 Å². The van der Waals surface area contributed by atoms with E-state index >= 15 is 0 Å². The third-order valence-electron chi connectivity index (χ3n) is 6.01. The van der Waals surface area contributed by atoms with E-state index < -0.39 is 14.1 Å². The van der Waals surface area contributed by atoms with E-state index in [9.17, 15) is 4.57 Å². The molecule has 1 aromatic carbocycles. The summed E-state index contributed by atoms with van der Waals surface area (Å²) in [7, 11) is -3.73. The number of imidazole rings is 1. The van der Waals surface area contributed by atoms with Crippen LogP contribution in [0.5, 0.6) is 5.88 Å². The number of hydrogen-bond donors (Lipinski definition) is 1. The summed E-state index contributed by atoms with van der Waals surface area (Å²) in [5, 5.41) is 0. The van der Waals surface area contributed by atoms with Crippen molar-refractivity contribution in [1.82, 2.24) is 19.5 Å².